The second-order valence-corrected chi connectivity index (χ2v) is 11.0. The highest BCUT2D eigenvalue weighted by molar-refractivity contribution is 5.86. The van der Waals surface area contributed by atoms with Gasteiger partial charge in [-0.25, -0.2) is 9.78 Å². The average molecular weight is 584 g/mol. The van der Waals surface area contributed by atoms with Crippen molar-refractivity contribution in [2.45, 2.75) is 64.8 Å². The van der Waals surface area contributed by atoms with Gasteiger partial charge in [0.05, 0.1) is 17.1 Å². The van der Waals surface area contributed by atoms with Crippen LogP contribution in [0, 0.1) is 17.2 Å². The SMILES string of the molecule is CC[C@H]1CN(C(CNC(=O)C(C)C)c2ccc(C(F)(F)F)cc2)[C@H](CC)CN1c1nc(=O)n(C)c2ccc(C#N)nc12. The van der Waals surface area contributed by atoms with Gasteiger partial charge in [0.2, 0.25) is 5.91 Å². The summed E-state index contributed by atoms with van der Waals surface area (Å²) in [5.74, 6) is 0.0291. The van der Waals surface area contributed by atoms with E-state index in [0.717, 1.165) is 12.1 Å². The second kappa shape index (κ2) is 12.5. The minimum atomic E-state index is -4.45. The van der Waals surface area contributed by atoms with E-state index in [9.17, 15) is 28.0 Å². The molecule has 1 aromatic carbocycles. The van der Waals surface area contributed by atoms with Crippen molar-refractivity contribution in [3.63, 3.8) is 0 Å². The summed E-state index contributed by atoms with van der Waals surface area (Å²) in [6.45, 7) is 8.84. The lowest BCUT2D eigenvalue weighted by atomic mass is 9.95. The Labute approximate surface area is 243 Å². The van der Waals surface area contributed by atoms with E-state index in [2.05, 4.69) is 31.2 Å². The quantitative estimate of drug-likeness (QED) is 0.419. The molecule has 1 aliphatic heterocycles. The number of aryl methyl sites for hydroxylation is 1. The van der Waals surface area contributed by atoms with Crippen molar-refractivity contribution >= 4 is 22.8 Å². The van der Waals surface area contributed by atoms with E-state index in [1.807, 2.05) is 13.8 Å². The molecule has 9 nitrogen and oxygen atoms in total. The largest absolute Gasteiger partial charge is 0.416 e. The second-order valence-electron chi connectivity index (χ2n) is 11.0. The fourth-order valence-electron chi connectivity index (χ4n) is 5.52. The summed E-state index contributed by atoms with van der Waals surface area (Å²) in [7, 11) is 1.61. The van der Waals surface area contributed by atoms with Crippen LogP contribution in [0.15, 0.2) is 41.2 Å². The van der Waals surface area contributed by atoms with Gasteiger partial charge in [-0.2, -0.15) is 23.4 Å². The number of pyridine rings is 1. The normalized spacial score (nSPS) is 18.7. The van der Waals surface area contributed by atoms with Crippen LogP contribution in [0.1, 0.15) is 63.4 Å². The molecule has 0 saturated carbocycles. The number of piperazine rings is 1. The lowest BCUT2D eigenvalue weighted by Gasteiger charge is -2.49. The van der Waals surface area contributed by atoms with Crippen molar-refractivity contribution < 1.29 is 18.0 Å². The highest BCUT2D eigenvalue weighted by Gasteiger charge is 2.39. The van der Waals surface area contributed by atoms with Crippen LogP contribution in [0.4, 0.5) is 19.0 Å². The molecule has 3 aromatic rings. The number of nitrogens with one attached hydrogen (secondary N) is 1. The van der Waals surface area contributed by atoms with Crippen LogP contribution < -0.4 is 15.9 Å². The van der Waals surface area contributed by atoms with E-state index in [0.29, 0.717) is 48.3 Å². The minimum absolute atomic E-state index is 0.0869. The van der Waals surface area contributed by atoms with Crippen LogP contribution in [-0.4, -0.2) is 57.1 Å². The molecule has 1 aliphatic rings. The first kappa shape index (κ1) is 31.0. The number of amides is 1. The molecule has 1 fully saturated rings. The smallest absolute Gasteiger partial charge is 0.354 e. The first-order chi connectivity index (χ1) is 19.9. The van der Waals surface area contributed by atoms with E-state index in [1.165, 1.54) is 16.7 Å². The van der Waals surface area contributed by atoms with E-state index in [4.69, 9.17) is 0 Å². The van der Waals surface area contributed by atoms with Gasteiger partial charge in [0.15, 0.2) is 5.82 Å². The summed E-state index contributed by atoms with van der Waals surface area (Å²) < 4.78 is 41.4. The molecule has 0 bridgehead atoms. The molecule has 0 aliphatic carbocycles. The van der Waals surface area contributed by atoms with E-state index in [-0.39, 0.29) is 42.2 Å². The van der Waals surface area contributed by atoms with Crippen LogP contribution in [-0.2, 0) is 18.0 Å². The third kappa shape index (κ3) is 6.26. The Bertz CT molecular complexity index is 1530. The number of fused-ring (bicyclic) bond motifs is 1. The van der Waals surface area contributed by atoms with E-state index >= 15 is 0 Å². The number of anilines is 1. The molecular formula is C30H36F3N7O2. The number of carbonyl (C=O) groups is 1. The van der Waals surface area contributed by atoms with Gasteiger partial charge < -0.3 is 10.2 Å². The van der Waals surface area contributed by atoms with Crippen molar-refractivity contribution in [3.05, 3.63) is 63.7 Å². The molecule has 2 aromatic heterocycles. The Kier molecular flexibility index (Phi) is 9.21. The van der Waals surface area contributed by atoms with Crippen molar-refractivity contribution in [3.8, 4) is 6.07 Å². The molecule has 12 heteroatoms. The summed E-state index contributed by atoms with van der Waals surface area (Å²) in [5.41, 5.74) is 0.743. The number of nitriles is 1. The summed E-state index contributed by atoms with van der Waals surface area (Å²) in [4.78, 5) is 38.6. The summed E-state index contributed by atoms with van der Waals surface area (Å²) >= 11 is 0. The predicted molar refractivity (Wildman–Crippen MR) is 154 cm³/mol. The number of hydrogen-bond donors (Lipinski definition) is 1. The van der Waals surface area contributed by atoms with Gasteiger partial charge in [0.25, 0.3) is 0 Å². The molecule has 224 valence electrons. The van der Waals surface area contributed by atoms with E-state index < -0.39 is 17.4 Å². The molecule has 0 radical (unpaired) electrons. The molecule has 3 heterocycles. The zero-order valence-corrected chi connectivity index (χ0v) is 24.4. The van der Waals surface area contributed by atoms with Crippen molar-refractivity contribution in [2.75, 3.05) is 24.5 Å². The highest BCUT2D eigenvalue weighted by atomic mass is 19.4. The molecule has 1 N–H and O–H groups in total. The molecule has 0 spiro atoms. The molecule has 3 atom stereocenters. The molecule has 4 rings (SSSR count). The topological polar surface area (TPSA) is 107 Å². The number of rotatable bonds is 8. The van der Waals surface area contributed by atoms with Crippen molar-refractivity contribution in [1.29, 1.82) is 5.26 Å². The maximum atomic E-state index is 13.3. The lowest BCUT2D eigenvalue weighted by Crippen LogP contribution is -2.60. The third-order valence-electron chi connectivity index (χ3n) is 8.02. The predicted octanol–water partition coefficient (Wildman–Crippen LogP) is 4.41. The Morgan fingerprint density at radius 1 is 1.07 bits per heavy atom. The average Bonchev–Trinajstić information content (AvgIpc) is 2.98. The van der Waals surface area contributed by atoms with Crippen molar-refractivity contribution in [1.82, 2.24) is 24.8 Å². The van der Waals surface area contributed by atoms with Gasteiger partial charge in [0, 0.05) is 44.7 Å². The number of carbonyl (C=O) groups excluding carboxylic acids is 1. The summed E-state index contributed by atoms with van der Waals surface area (Å²) in [6, 6.07) is 9.85. The van der Waals surface area contributed by atoms with Crippen LogP contribution >= 0.6 is 0 Å². The number of aromatic nitrogens is 3. The Hall–Kier alpha value is -3.98. The van der Waals surface area contributed by atoms with Crippen LogP contribution in [0.3, 0.4) is 0 Å². The first-order valence-electron chi connectivity index (χ1n) is 14.1. The van der Waals surface area contributed by atoms with Gasteiger partial charge in [-0.3, -0.25) is 14.3 Å². The fourth-order valence-corrected chi connectivity index (χ4v) is 5.52. The van der Waals surface area contributed by atoms with Gasteiger partial charge in [-0.15, -0.1) is 0 Å². The molecule has 42 heavy (non-hydrogen) atoms. The number of halogens is 3. The zero-order valence-electron chi connectivity index (χ0n) is 24.4. The minimum Gasteiger partial charge on any atom is -0.354 e. The molecule has 1 unspecified atom stereocenters. The number of benzene rings is 1. The summed E-state index contributed by atoms with van der Waals surface area (Å²) in [6.07, 6.45) is -3.07. The van der Waals surface area contributed by atoms with Gasteiger partial charge in [-0.05, 0) is 42.7 Å². The monoisotopic (exact) mass is 583 g/mol. The van der Waals surface area contributed by atoms with Gasteiger partial charge in [-0.1, -0.05) is 39.8 Å². The Balaban J connectivity index is 1.75. The maximum Gasteiger partial charge on any atom is 0.416 e. The van der Waals surface area contributed by atoms with Crippen LogP contribution in [0.25, 0.3) is 11.0 Å². The highest BCUT2D eigenvalue weighted by Crippen LogP contribution is 2.35. The van der Waals surface area contributed by atoms with Gasteiger partial charge >= 0.3 is 11.9 Å². The van der Waals surface area contributed by atoms with Crippen LogP contribution in [0.2, 0.25) is 0 Å². The number of hydrogen-bond acceptors (Lipinski definition) is 7. The molecule has 1 amide bonds. The van der Waals surface area contributed by atoms with Crippen LogP contribution in [0.5, 0.6) is 0 Å². The molecular weight excluding hydrogens is 547 g/mol. The number of nitrogens with zero attached hydrogens (tertiary/aromatic N) is 6. The zero-order chi connectivity index (χ0) is 30.8. The third-order valence-corrected chi connectivity index (χ3v) is 8.02. The van der Waals surface area contributed by atoms with Crippen molar-refractivity contribution in [2.24, 2.45) is 13.0 Å². The Morgan fingerprint density at radius 2 is 1.74 bits per heavy atom. The van der Waals surface area contributed by atoms with E-state index in [1.54, 1.807) is 33.0 Å². The fraction of sp³-hybridized carbons (Fsp3) is 0.500. The standard InChI is InChI=1S/C30H36F3N7O2/c1-6-22-17-40(27-26-24(38(5)29(42)37-27)13-12-21(14-34)36-26)23(7-2)16-39(22)25(15-35-28(41)18(3)4)19-8-10-20(11-9-19)30(31,32)33/h8-13,18,22-23,25H,6-7,15-17H2,1-5H3,(H,35,41)/t22-,23+,25?/m1/s1. The molecule has 1 saturated heterocycles. The van der Waals surface area contributed by atoms with Gasteiger partial charge in [0.1, 0.15) is 17.3 Å². The maximum absolute atomic E-state index is 13.3. The first-order valence-corrected chi connectivity index (χ1v) is 14.1. The summed E-state index contributed by atoms with van der Waals surface area (Å²) in [5, 5.41) is 12.5. The number of alkyl halides is 3. The lowest BCUT2D eigenvalue weighted by molar-refractivity contribution is -0.137. The Morgan fingerprint density at radius 3 is 2.31 bits per heavy atom.